The van der Waals surface area contributed by atoms with Crippen molar-refractivity contribution in [1.29, 1.82) is 0 Å². The molecule has 0 radical (unpaired) electrons. The third kappa shape index (κ3) is 3.31. The second-order valence-electron chi connectivity index (χ2n) is 4.16. The lowest BCUT2D eigenvalue weighted by atomic mass is 10.3. The lowest BCUT2D eigenvalue weighted by Crippen LogP contribution is -2.23. The van der Waals surface area contributed by atoms with Crippen molar-refractivity contribution in [1.82, 2.24) is 10.3 Å². The second kappa shape index (κ2) is 5.07. The summed E-state index contributed by atoms with van der Waals surface area (Å²) in [7, 11) is 0. The number of aromatic nitrogens is 1. The molecule has 1 aliphatic carbocycles. The van der Waals surface area contributed by atoms with Gasteiger partial charge in [-0.05, 0) is 31.9 Å². The summed E-state index contributed by atoms with van der Waals surface area (Å²) < 4.78 is 0. The van der Waals surface area contributed by atoms with Crippen molar-refractivity contribution in [2.75, 3.05) is 11.9 Å². The van der Waals surface area contributed by atoms with Gasteiger partial charge in [-0.25, -0.2) is 0 Å². The summed E-state index contributed by atoms with van der Waals surface area (Å²) in [5.74, 6) is 0.0456. The van der Waals surface area contributed by atoms with Gasteiger partial charge in [-0.15, -0.1) is 0 Å². The quantitative estimate of drug-likeness (QED) is 0.788. The van der Waals surface area contributed by atoms with Crippen molar-refractivity contribution in [2.24, 2.45) is 0 Å². The largest absolute Gasteiger partial charge is 0.324 e. The zero-order chi connectivity index (χ0) is 11.4. The van der Waals surface area contributed by atoms with Crippen molar-refractivity contribution in [2.45, 2.75) is 32.2 Å². The molecular weight excluding hydrogens is 202 g/mol. The van der Waals surface area contributed by atoms with Crippen LogP contribution in [0.5, 0.6) is 0 Å². The zero-order valence-electron chi connectivity index (χ0n) is 9.49. The Morgan fingerprint density at radius 2 is 2.38 bits per heavy atom. The summed E-state index contributed by atoms with van der Waals surface area (Å²) >= 11 is 0. The standard InChI is InChI=1S/C12H17N3O/c1-9-11(3-2-7-13-9)15-12(16)6-8-14-10-4-5-10/h2-3,7,10,14H,4-6,8H2,1H3,(H,15,16). The number of aryl methyl sites for hydroxylation is 1. The third-order valence-corrected chi connectivity index (χ3v) is 2.64. The van der Waals surface area contributed by atoms with Gasteiger partial charge < -0.3 is 10.6 Å². The fourth-order valence-electron chi connectivity index (χ4n) is 1.51. The van der Waals surface area contributed by atoms with Crippen molar-refractivity contribution < 1.29 is 4.79 Å². The molecule has 86 valence electrons. The number of anilines is 1. The van der Waals surface area contributed by atoms with Crippen LogP contribution < -0.4 is 10.6 Å². The predicted molar refractivity (Wildman–Crippen MR) is 63.2 cm³/mol. The van der Waals surface area contributed by atoms with E-state index in [9.17, 15) is 4.79 Å². The molecule has 1 amide bonds. The van der Waals surface area contributed by atoms with Gasteiger partial charge in [-0.2, -0.15) is 0 Å². The first kappa shape index (κ1) is 11.1. The van der Waals surface area contributed by atoms with E-state index >= 15 is 0 Å². The number of nitrogens with zero attached hydrogens (tertiary/aromatic N) is 1. The molecule has 2 N–H and O–H groups in total. The van der Waals surface area contributed by atoms with Gasteiger partial charge in [0.2, 0.25) is 5.91 Å². The van der Waals surface area contributed by atoms with E-state index in [0.29, 0.717) is 12.5 Å². The Morgan fingerprint density at radius 3 is 3.06 bits per heavy atom. The molecule has 0 unspecified atom stereocenters. The first-order chi connectivity index (χ1) is 7.75. The second-order valence-corrected chi connectivity index (χ2v) is 4.16. The molecule has 1 heterocycles. The summed E-state index contributed by atoms with van der Waals surface area (Å²) in [6.07, 6.45) is 4.75. The summed E-state index contributed by atoms with van der Waals surface area (Å²) in [5.41, 5.74) is 1.66. The highest BCUT2D eigenvalue weighted by Gasteiger charge is 2.20. The summed E-state index contributed by atoms with van der Waals surface area (Å²) in [4.78, 5) is 15.7. The fourth-order valence-corrected chi connectivity index (χ4v) is 1.51. The highest BCUT2D eigenvalue weighted by Crippen LogP contribution is 2.18. The highest BCUT2D eigenvalue weighted by atomic mass is 16.1. The van der Waals surface area contributed by atoms with Crippen LogP contribution in [0.1, 0.15) is 25.0 Å². The molecule has 0 aliphatic heterocycles. The van der Waals surface area contributed by atoms with Crippen molar-refractivity contribution >= 4 is 11.6 Å². The van der Waals surface area contributed by atoms with Crippen LogP contribution in [-0.2, 0) is 4.79 Å². The van der Waals surface area contributed by atoms with Gasteiger partial charge in [-0.1, -0.05) is 0 Å². The maximum atomic E-state index is 11.6. The minimum Gasteiger partial charge on any atom is -0.324 e. The molecule has 0 spiro atoms. The van der Waals surface area contributed by atoms with E-state index in [1.807, 2.05) is 19.1 Å². The molecule has 1 aromatic heterocycles. The van der Waals surface area contributed by atoms with E-state index < -0.39 is 0 Å². The van der Waals surface area contributed by atoms with Gasteiger partial charge >= 0.3 is 0 Å². The molecule has 1 saturated carbocycles. The van der Waals surface area contributed by atoms with Gasteiger partial charge in [-0.3, -0.25) is 9.78 Å². The number of nitrogens with one attached hydrogen (secondary N) is 2. The summed E-state index contributed by atoms with van der Waals surface area (Å²) in [6, 6.07) is 4.35. The molecule has 4 nitrogen and oxygen atoms in total. The number of pyridine rings is 1. The molecule has 1 fully saturated rings. The SMILES string of the molecule is Cc1ncccc1NC(=O)CCNC1CC1. The molecule has 4 heteroatoms. The van der Waals surface area contributed by atoms with Gasteiger partial charge in [0.25, 0.3) is 0 Å². The minimum atomic E-state index is 0.0456. The smallest absolute Gasteiger partial charge is 0.225 e. The van der Waals surface area contributed by atoms with E-state index in [-0.39, 0.29) is 5.91 Å². The topological polar surface area (TPSA) is 54.0 Å². The van der Waals surface area contributed by atoms with Crippen LogP contribution in [-0.4, -0.2) is 23.5 Å². The first-order valence-corrected chi connectivity index (χ1v) is 5.70. The molecule has 2 rings (SSSR count). The lowest BCUT2D eigenvalue weighted by Gasteiger charge is -2.07. The normalized spacial score (nSPS) is 14.8. The first-order valence-electron chi connectivity index (χ1n) is 5.70. The molecule has 16 heavy (non-hydrogen) atoms. The van der Waals surface area contributed by atoms with Crippen LogP contribution in [0, 0.1) is 6.92 Å². The Bertz CT molecular complexity index is 374. The van der Waals surface area contributed by atoms with Crippen LogP contribution >= 0.6 is 0 Å². The highest BCUT2D eigenvalue weighted by molar-refractivity contribution is 5.91. The predicted octanol–water partition coefficient (Wildman–Crippen LogP) is 1.47. The average Bonchev–Trinajstić information content (AvgIpc) is 3.05. The molecule has 0 saturated heterocycles. The fraction of sp³-hybridized carbons (Fsp3) is 0.500. The third-order valence-electron chi connectivity index (χ3n) is 2.64. The van der Waals surface area contributed by atoms with Gasteiger partial charge in [0.1, 0.15) is 0 Å². The van der Waals surface area contributed by atoms with Crippen LogP contribution in [0.15, 0.2) is 18.3 Å². The Labute approximate surface area is 95.5 Å². The van der Waals surface area contributed by atoms with E-state index in [0.717, 1.165) is 17.9 Å². The Kier molecular flexibility index (Phi) is 3.51. The van der Waals surface area contributed by atoms with E-state index in [1.165, 1.54) is 12.8 Å². The molecular formula is C12H17N3O. The van der Waals surface area contributed by atoms with Crippen LogP contribution in [0.3, 0.4) is 0 Å². The maximum Gasteiger partial charge on any atom is 0.225 e. The van der Waals surface area contributed by atoms with Gasteiger partial charge in [0.15, 0.2) is 0 Å². The molecule has 0 bridgehead atoms. The monoisotopic (exact) mass is 219 g/mol. The zero-order valence-corrected chi connectivity index (χ0v) is 9.49. The Morgan fingerprint density at radius 1 is 1.56 bits per heavy atom. The molecule has 0 aromatic carbocycles. The number of carbonyl (C=O) groups excluding carboxylic acids is 1. The average molecular weight is 219 g/mol. The van der Waals surface area contributed by atoms with Gasteiger partial charge in [0, 0.05) is 25.2 Å². The maximum absolute atomic E-state index is 11.6. The Hall–Kier alpha value is -1.42. The van der Waals surface area contributed by atoms with Crippen molar-refractivity contribution in [3.63, 3.8) is 0 Å². The number of amides is 1. The molecule has 0 atom stereocenters. The van der Waals surface area contributed by atoms with Gasteiger partial charge in [0.05, 0.1) is 11.4 Å². The summed E-state index contributed by atoms with van der Waals surface area (Å²) in [5, 5.41) is 6.17. The summed E-state index contributed by atoms with van der Waals surface area (Å²) in [6.45, 7) is 2.65. The minimum absolute atomic E-state index is 0.0456. The number of carbonyl (C=O) groups is 1. The van der Waals surface area contributed by atoms with Crippen LogP contribution in [0.4, 0.5) is 5.69 Å². The van der Waals surface area contributed by atoms with E-state index in [4.69, 9.17) is 0 Å². The number of hydrogen-bond acceptors (Lipinski definition) is 3. The van der Waals surface area contributed by atoms with Crippen LogP contribution in [0.25, 0.3) is 0 Å². The lowest BCUT2D eigenvalue weighted by molar-refractivity contribution is -0.116. The number of hydrogen-bond donors (Lipinski definition) is 2. The molecule has 1 aliphatic rings. The van der Waals surface area contributed by atoms with Crippen LogP contribution in [0.2, 0.25) is 0 Å². The molecule has 1 aromatic rings. The van der Waals surface area contributed by atoms with Crippen molar-refractivity contribution in [3.8, 4) is 0 Å². The van der Waals surface area contributed by atoms with E-state index in [1.54, 1.807) is 6.20 Å². The van der Waals surface area contributed by atoms with E-state index in [2.05, 4.69) is 15.6 Å². The number of rotatable bonds is 5. The van der Waals surface area contributed by atoms with Crippen molar-refractivity contribution in [3.05, 3.63) is 24.0 Å². The Balaban J connectivity index is 1.75.